The molecule has 0 N–H and O–H groups in total. The Morgan fingerprint density at radius 2 is 0.600 bits per heavy atom. The van der Waals surface area contributed by atoms with Gasteiger partial charge < -0.3 is 16.4 Å². The molecule has 0 heterocycles. The Kier molecular flexibility index (Phi) is 344. The second-order valence-corrected chi connectivity index (χ2v) is 0. The minimum atomic E-state index is 0. The van der Waals surface area contributed by atoms with Gasteiger partial charge in [0.05, 0.1) is 0 Å². The fourth-order valence-corrected chi connectivity index (χ4v) is 0. The molecule has 0 aromatic carbocycles. The van der Waals surface area contributed by atoms with Crippen LogP contribution in [-0.2, 0) is 16.4 Å². The molecule has 3 nitrogen and oxygen atoms in total. The molecule has 41 valence electrons. The fraction of sp³-hybridized carbons (Fsp3) is 0. The summed E-state index contributed by atoms with van der Waals surface area (Å²) in [5.74, 6) is 0. The second kappa shape index (κ2) is 32.5. The number of hydrogen-bond donors (Lipinski definition) is 0. The summed E-state index contributed by atoms with van der Waals surface area (Å²) in [6.45, 7) is 0. The molecule has 5 heavy (non-hydrogen) atoms. The Morgan fingerprint density at radius 3 is 0.600 bits per heavy atom. The van der Waals surface area contributed by atoms with E-state index in [1.165, 1.54) is 0 Å². The molecule has 0 aliphatic rings. The van der Waals surface area contributed by atoms with Crippen molar-refractivity contribution in [2.75, 3.05) is 0 Å². The molecule has 0 aliphatic carbocycles. The first kappa shape index (κ1) is 52.9. The molecule has 0 fully saturated rings. The van der Waals surface area contributed by atoms with Crippen molar-refractivity contribution >= 4 is 0 Å². The van der Waals surface area contributed by atoms with Gasteiger partial charge in [0.1, 0.15) is 0 Å². The molecule has 0 amide bonds. The molecule has 0 aromatic rings. The van der Waals surface area contributed by atoms with Crippen LogP contribution in [0.25, 0.3) is 0 Å². The third kappa shape index (κ3) is 21.6. The van der Waals surface area contributed by atoms with Crippen molar-refractivity contribution in [2.45, 2.75) is 0 Å². The van der Waals surface area contributed by atoms with Crippen LogP contribution in [0.2, 0.25) is 0 Å². The van der Waals surface area contributed by atoms with E-state index in [0.29, 0.717) is 0 Å². The van der Waals surface area contributed by atoms with E-state index in [-0.39, 0.29) is 91.5 Å². The molecule has 5 heteroatoms. The Hall–Kier alpha value is 2.39. The van der Waals surface area contributed by atoms with Crippen LogP contribution < -0.4 is 0 Å². The van der Waals surface area contributed by atoms with E-state index >= 15 is 0 Å². The van der Waals surface area contributed by atoms with Gasteiger partial charge in [-0.1, -0.05) is 0 Å². The van der Waals surface area contributed by atoms with Gasteiger partial charge in [-0.2, -0.15) is 0 Å². The van der Waals surface area contributed by atoms with E-state index in [1.807, 2.05) is 0 Å². The predicted molar refractivity (Wildman–Crippen MR) is 2.06 cm³/mol. The van der Waals surface area contributed by atoms with Crippen LogP contribution in [-0.4, -0.2) is 0 Å². The van der Waals surface area contributed by atoms with Crippen molar-refractivity contribution in [3.63, 3.8) is 0 Å². The summed E-state index contributed by atoms with van der Waals surface area (Å²) >= 11 is 0. The molecule has 0 unspecified atom stereocenters. The monoisotopic (exact) mass is 379 g/mol. The first-order chi connectivity index (χ1) is 0. The van der Waals surface area contributed by atoms with Crippen LogP contribution in [0.15, 0.2) is 0 Å². The van der Waals surface area contributed by atoms with E-state index < -0.39 is 0 Å². The largest absolute Gasteiger partial charge is 3.00 e. The molecule has 0 atom stereocenters. The molecular weight excluding hydrogens is 380 g/mol. The average Bonchev–Trinajstić information content (AvgIpc) is 0. The maximum atomic E-state index is 0. The van der Waals surface area contributed by atoms with E-state index in [0.717, 1.165) is 0 Å². The number of rotatable bonds is 0. The Balaban J connectivity index is 0. The van der Waals surface area contributed by atoms with Gasteiger partial charge >= 0.3 is 75.0 Å². The molecule has 0 spiro atoms. The van der Waals surface area contributed by atoms with Gasteiger partial charge in [-0.25, -0.2) is 0 Å². The van der Waals surface area contributed by atoms with Crippen molar-refractivity contribution < 1.29 is 91.5 Å². The first-order valence-electron chi connectivity index (χ1n) is 0. The zero-order valence-electron chi connectivity index (χ0n) is 1.81. The minimum Gasteiger partial charge on any atom is -2.00 e. The predicted octanol–water partition coefficient (Wildman–Crippen LogP) is -0.356. The Bertz CT molecular complexity index is 6.85. The van der Waals surface area contributed by atoms with Gasteiger partial charge in [-0.05, 0) is 0 Å². The summed E-state index contributed by atoms with van der Waals surface area (Å²) < 4.78 is 0. The van der Waals surface area contributed by atoms with E-state index in [1.54, 1.807) is 0 Å². The molecule has 1 radical (unpaired) electrons. The quantitative estimate of drug-likeness (QED) is 0.515. The minimum absolute atomic E-state index is 0. The van der Waals surface area contributed by atoms with Gasteiger partial charge in [-0.15, -0.1) is 0 Å². The number of hydrogen-bond acceptors (Lipinski definition) is 0. The van der Waals surface area contributed by atoms with Crippen molar-refractivity contribution in [3.05, 3.63) is 0 Å². The van der Waals surface area contributed by atoms with Gasteiger partial charge in [0.15, 0.2) is 0 Å². The third-order valence-corrected chi connectivity index (χ3v) is 0. The van der Waals surface area contributed by atoms with Gasteiger partial charge in [0, 0.05) is 0 Å². The van der Waals surface area contributed by atoms with Crippen molar-refractivity contribution in [1.82, 2.24) is 0 Å². The summed E-state index contributed by atoms with van der Waals surface area (Å²) in [4.78, 5) is 0. The van der Waals surface area contributed by atoms with Crippen LogP contribution in [0, 0.1) is 75.0 Å². The standard InChI is InChI=1S/Er.Ho.3O/q2*+3;3*-2. The van der Waals surface area contributed by atoms with Crippen molar-refractivity contribution in [2.24, 2.45) is 0 Å². The van der Waals surface area contributed by atoms with Crippen LogP contribution in [0.5, 0.6) is 0 Å². The maximum Gasteiger partial charge on any atom is 3.00 e. The molecular formula is ErHoO3. The molecule has 0 saturated carbocycles. The van der Waals surface area contributed by atoms with E-state index in [4.69, 9.17) is 0 Å². The molecule has 0 bridgehead atoms. The smallest absolute Gasteiger partial charge is 2.00 e. The Labute approximate surface area is 89.6 Å². The summed E-state index contributed by atoms with van der Waals surface area (Å²) in [6.07, 6.45) is 0. The van der Waals surface area contributed by atoms with Gasteiger partial charge in [0.25, 0.3) is 0 Å². The normalized spacial score (nSPS) is 0. The summed E-state index contributed by atoms with van der Waals surface area (Å²) in [5, 5.41) is 0. The Morgan fingerprint density at radius 1 is 0.600 bits per heavy atom. The van der Waals surface area contributed by atoms with E-state index in [9.17, 15) is 0 Å². The van der Waals surface area contributed by atoms with E-state index in [2.05, 4.69) is 0 Å². The zero-order chi connectivity index (χ0) is 0. The zero-order valence-corrected chi connectivity index (χ0v) is 5.60. The second-order valence-electron chi connectivity index (χ2n) is 0. The summed E-state index contributed by atoms with van der Waals surface area (Å²) in [5.41, 5.74) is 0. The average molecular weight is 380 g/mol. The first-order valence-corrected chi connectivity index (χ1v) is 0. The maximum absolute atomic E-state index is 0. The summed E-state index contributed by atoms with van der Waals surface area (Å²) in [7, 11) is 0. The third-order valence-electron chi connectivity index (χ3n) is 0. The van der Waals surface area contributed by atoms with Crippen LogP contribution >= 0.6 is 0 Å². The fourth-order valence-electron chi connectivity index (χ4n) is 0. The summed E-state index contributed by atoms with van der Waals surface area (Å²) in [6, 6.07) is 0. The van der Waals surface area contributed by atoms with Crippen molar-refractivity contribution in [3.8, 4) is 0 Å². The van der Waals surface area contributed by atoms with Crippen LogP contribution in [0.4, 0.5) is 0 Å². The van der Waals surface area contributed by atoms with Crippen LogP contribution in [0.1, 0.15) is 0 Å². The van der Waals surface area contributed by atoms with Crippen LogP contribution in [0.3, 0.4) is 0 Å². The van der Waals surface area contributed by atoms with Crippen molar-refractivity contribution in [1.29, 1.82) is 0 Å². The van der Waals surface area contributed by atoms with Gasteiger partial charge in [0.2, 0.25) is 0 Å². The van der Waals surface area contributed by atoms with Gasteiger partial charge in [-0.3, -0.25) is 0 Å². The topological polar surface area (TPSA) is 85.5 Å². The SMILES string of the molecule is [Er+3].[Ho+3].[O-2].[O-2].[O-2]. The molecule has 0 rings (SSSR count). The molecule has 0 saturated heterocycles. The molecule has 0 aromatic heterocycles. The molecule has 0 aliphatic heterocycles.